The molecule has 31 heavy (non-hydrogen) atoms. The summed E-state index contributed by atoms with van der Waals surface area (Å²) in [5.74, 6) is -0.468. The lowest BCUT2D eigenvalue weighted by Crippen LogP contribution is -2.21. The summed E-state index contributed by atoms with van der Waals surface area (Å²) >= 11 is 0. The van der Waals surface area contributed by atoms with Crippen LogP contribution < -0.4 is 5.32 Å². The van der Waals surface area contributed by atoms with Crippen LogP contribution in [0.25, 0.3) is 22.3 Å². The van der Waals surface area contributed by atoms with Crippen molar-refractivity contribution < 1.29 is 9.18 Å². The van der Waals surface area contributed by atoms with Crippen LogP contribution in [0.2, 0.25) is 0 Å². The Morgan fingerprint density at radius 2 is 2.06 bits per heavy atom. The maximum Gasteiger partial charge on any atom is 0.231 e. The lowest BCUT2D eigenvalue weighted by Gasteiger charge is -2.15. The summed E-state index contributed by atoms with van der Waals surface area (Å²) in [6, 6.07) is 9.71. The summed E-state index contributed by atoms with van der Waals surface area (Å²) in [6.45, 7) is 7.02. The van der Waals surface area contributed by atoms with Crippen LogP contribution in [0, 0.1) is 6.92 Å². The van der Waals surface area contributed by atoms with Crippen LogP contribution in [-0.4, -0.2) is 36.5 Å². The molecule has 3 heterocycles. The molecule has 4 aromatic rings. The van der Waals surface area contributed by atoms with Gasteiger partial charge in [-0.05, 0) is 39.3 Å². The Morgan fingerprint density at radius 1 is 1.26 bits per heavy atom. The molecule has 8 heteroatoms. The monoisotopic (exact) mass is 420 g/mol. The van der Waals surface area contributed by atoms with Gasteiger partial charge in [0.25, 0.3) is 0 Å². The van der Waals surface area contributed by atoms with E-state index < -0.39 is 5.67 Å². The zero-order valence-electron chi connectivity index (χ0n) is 18.0. The number of H-pyrrole nitrogens is 1. The third-order valence-corrected chi connectivity index (χ3v) is 5.14. The number of aromatic nitrogens is 5. The van der Waals surface area contributed by atoms with E-state index in [0.717, 1.165) is 22.0 Å². The minimum Gasteiger partial charge on any atom is -0.322 e. The number of halogens is 1. The number of aromatic amines is 1. The Balaban J connectivity index is 1.61. The Kier molecular flexibility index (Phi) is 5.31. The van der Waals surface area contributed by atoms with E-state index in [4.69, 9.17) is 0 Å². The molecule has 7 nitrogen and oxygen atoms in total. The smallest absolute Gasteiger partial charge is 0.231 e. The van der Waals surface area contributed by atoms with Gasteiger partial charge in [-0.25, -0.2) is 4.39 Å². The minimum atomic E-state index is -1.40. The summed E-state index contributed by atoms with van der Waals surface area (Å²) in [6.07, 6.45) is 4.91. The number of fused-ring (bicyclic) bond motifs is 1. The van der Waals surface area contributed by atoms with Gasteiger partial charge in [0, 0.05) is 11.6 Å². The number of anilines is 1. The number of hydrogen-bond acceptors (Lipinski definition) is 4. The van der Waals surface area contributed by atoms with E-state index in [9.17, 15) is 9.18 Å². The molecule has 0 aliphatic carbocycles. The molecule has 0 aliphatic heterocycles. The topological polar surface area (TPSA) is 88.5 Å². The first kappa shape index (κ1) is 20.7. The van der Waals surface area contributed by atoms with E-state index in [2.05, 4.69) is 25.6 Å². The second-order valence-corrected chi connectivity index (χ2v) is 8.43. The number of nitrogens with one attached hydrogen (secondary N) is 2. The number of carbonyl (C=O) groups excluding carboxylic acids is 1. The van der Waals surface area contributed by atoms with Crippen molar-refractivity contribution in [2.45, 2.75) is 45.8 Å². The number of aryl methyl sites for hydroxylation is 1. The average molecular weight is 420 g/mol. The van der Waals surface area contributed by atoms with Gasteiger partial charge in [-0.15, -0.1) is 0 Å². The second kappa shape index (κ2) is 7.94. The summed E-state index contributed by atoms with van der Waals surface area (Å²) in [5, 5.41) is 15.0. The molecule has 2 N–H and O–H groups in total. The lowest BCUT2D eigenvalue weighted by atomic mass is 9.98. The second-order valence-electron chi connectivity index (χ2n) is 8.43. The quantitative estimate of drug-likeness (QED) is 0.476. The first-order valence-corrected chi connectivity index (χ1v) is 10.1. The van der Waals surface area contributed by atoms with Gasteiger partial charge in [0.15, 0.2) is 0 Å². The number of nitrogens with zero attached hydrogens (tertiary/aromatic N) is 4. The average Bonchev–Trinajstić information content (AvgIpc) is 3.33. The predicted molar refractivity (Wildman–Crippen MR) is 119 cm³/mol. The maximum atomic E-state index is 14.2. The highest BCUT2D eigenvalue weighted by molar-refractivity contribution is 5.98. The molecule has 3 aromatic heterocycles. The number of benzene rings is 1. The SMILES string of the molecule is Cc1cccc([C@@H](C)C(=O)Nc2cn[nH]c2-c2cc3c(cn2)cnn3CC(C)(C)F)c1. The Labute approximate surface area is 179 Å². The van der Waals surface area contributed by atoms with Crippen molar-refractivity contribution in [3.05, 3.63) is 60.0 Å². The largest absolute Gasteiger partial charge is 0.322 e. The lowest BCUT2D eigenvalue weighted by molar-refractivity contribution is -0.117. The van der Waals surface area contributed by atoms with E-state index in [1.54, 1.807) is 23.3 Å². The zero-order valence-corrected chi connectivity index (χ0v) is 18.0. The highest BCUT2D eigenvalue weighted by atomic mass is 19.1. The molecule has 0 unspecified atom stereocenters. The van der Waals surface area contributed by atoms with Crippen LogP contribution in [0.4, 0.5) is 10.1 Å². The van der Waals surface area contributed by atoms with Gasteiger partial charge in [-0.1, -0.05) is 29.8 Å². The molecule has 1 atom stereocenters. The van der Waals surface area contributed by atoms with Gasteiger partial charge >= 0.3 is 0 Å². The molecule has 1 amide bonds. The highest BCUT2D eigenvalue weighted by Crippen LogP contribution is 2.28. The van der Waals surface area contributed by atoms with Crippen molar-refractivity contribution in [1.82, 2.24) is 25.0 Å². The number of hydrogen-bond donors (Lipinski definition) is 2. The van der Waals surface area contributed by atoms with E-state index >= 15 is 0 Å². The van der Waals surface area contributed by atoms with Crippen LogP contribution in [0.15, 0.2) is 48.9 Å². The van der Waals surface area contributed by atoms with Crippen molar-refractivity contribution in [1.29, 1.82) is 0 Å². The summed E-state index contributed by atoms with van der Waals surface area (Å²) in [5.41, 5.74) is 3.11. The van der Waals surface area contributed by atoms with Gasteiger partial charge in [0.2, 0.25) is 5.91 Å². The van der Waals surface area contributed by atoms with Crippen LogP contribution >= 0.6 is 0 Å². The van der Waals surface area contributed by atoms with Crippen molar-refractivity contribution in [3.63, 3.8) is 0 Å². The normalized spacial score (nSPS) is 12.8. The fraction of sp³-hybridized carbons (Fsp3) is 0.304. The zero-order chi connectivity index (χ0) is 22.2. The van der Waals surface area contributed by atoms with Gasteiger partial charge in [0.05, 0.1) is 41.8 Å². The van der Waals surface area contributed by atoms with Gasteiger partial charge in [-0.3, -0.25) is 19.6 Å². The van der Waals surface area contributed by atoms with Gasteiger partial charge in [-0.2, -0.15) is 10.2 Å². The summed E-state index contributed by atoms with van der Waals surface area (Å²) < 4.78 is 15.8. The van der Waals surface area contributed by atoms with E-state index in [-0.39, 0.29) is 18.4 Å². The number of alkyl halides is 1. The Bertz CT molecular complexity index is 1240. The van der Waals surface area contributed by atoms with Crippen molar-refractivity contribution in [2.75, 3.05) is 5.32 Å². The maximum absolute atomic E-state index is 14.2. The molecule has 4 rings (SSSR count). The molecule has 0 saturated heterocycles. The minimum absolute atomic E-state index is 0.126. The summed E-state index contributed by atoms with van der Waals surface area (Å²) in [4.78, 5) is 17.3. The van der Waals surface area contributed by atoms with Gasteiger partial charge in [0.1, 0.15) is 11.4 Å². The molecule has 1 aromatic carbocycles. The van der Waals surface area contributed by atoms with Crippen LogP contribution in [0.5, 0.6) is 0 Å². The van der Waals surface area contributed by atoms with Crippen molar-refractivity contribution in [3.8, 4) is 11.4 Å². The van der Waals surface area contributed by atoms with Crippen LogP contribution in [0.3, 0.4) is 0 Å². The summed E-state index contributed by atoms with van der Waals surface area (Å²) in [7, 11) is 0. The van der Waals surface area contributed by atoms with Crippen LogP contribution in [-0.2, 0) is 11.3 Å². The van der Waals surface area contributed by atoms with E-state index in [1.807, 2.05) is 44.2 Å². The standard InChI is InChI=1S/C23H25FN6O/c1-14-6-5-7-16(8-14)15(2)22(31)28-19-12-26-29-21(19)18-9-20-17(10-25-18)11-27-30(20)13-23(3,4)24/h5-12,15H,13H2,1-4H3,(H,26,29)(H,28,31)/t15-/m1/s1. The first-order valence-electron chi connectivity index (χ1n) is 10.1. The first-order chi connectivity index (χ1) is 14.7. The fourth-order valence-corrected chi connectivity index (χ4v) is 3.50. The van der Waals surface area contributed by atoms with Gasteiger partial charge < -0.3 is 5.32 Å². The molecule has 0 spiro atoms. The van der Waals surface area contributed by atoms with E-state index in [1.165, 1.54) is 13.8 Å². The number of pyridine rings is 1. The molecule has 160 valence electrons. The number of carbonyl (C=O) groups is 1. The van der Waals surface area contributed by atoms with Crippen molar-refractivity contribution >= 4 is 22.5 Å². The van der Waals surface area contributed by atoms with Crippen molar-refractivity contribution in [2.24, 2.45) is 0 Å². The molecule has 0 radical (unpaired) electrons. The Morgan fingerprint density at radius 3 is 2.81 bits per heavy atom. The molecular formula is C23H25FN6O. The highest BCUT2D eigenvalue weighted by Gasteiger charge is 2.21. The van der Waals surface area contributed by atoms with Crippen LogP contribution in [0.1, 0.15) is 37.8 Å². The Hall–Kier alpha value is -3.55. The fourth-order valence-electron chi connectivity index (χ4n) is 3.50. The molecule has 0 aliphatic rings. The molecule has 0 saturated carbocycles. The molecule has 0 bridgehead atoms. The molecule has 0 fully saturated rings. The third kappa shape index (κ3) is 4.47. The number of rotatable bonds is 6. The number of amides is 1. The molecular weight excluding hydrogens is 395 g/mol. The van der Waals surface area contributed by atoms with E-state index in [0.29, 0.717) is 17.1 Å². The third-order valence-electron chi connectivity index (χ3n) is 5.14. The predicted octanol–water partition coefficient (Wildman–Crippen LogP) is 4.62.